The topological polar surface area (TPSA) is 61.4 Å². The minimum Gasteiger partial charge on any atom is -0.352 e. The van der Waals surface area contributed by atoms with Crippen LogP contribution in [0.3, 0.4) is 0 Å². The van der Waals surface area contributed by atoms with Gasteiger partial charge >= 0.3 is 0 Å². The summed E-state index contributed by atoms with van der Waals surface area (Å²) >= 11 is 0. The maximum Gasteiger partial charge on any atom is 0.242 e. The van der Waals surface area contributed by atoms with Crippen LogP contribution in [0.5, 0.6) is 0 Å². The van der Waals surface area contributed by atoms with Crippen LogP contribution in [0.1, 0.15) is 56.7 Å². The average Bonchev–Trinajstić information content (AvgIpc) is 3.14. The number of aryl methyl sites for hydroxylation is 1. The highest BCUT2D eigenvalue weighted by Gasteiger charge is 2.31. The number of carbonyl (C=O) groups is 2. The molecule has 1 aromatic rings. The van der Waals surface area contributed by atoms with E-state index in [1.807, 2.05) is 14.1 Å². The predicted molar refractivity (Wildman–Crippen MR) is 105 cm³/mol. The second-order valence-electron chi connectivity index (χ2n) is 7.54. The molecule has 0 aliphatic heterocycles. The molecule has 144 valence electrons. The average molecular weight is 360 g/mol. The lowest BCUT2D eigenvalue weighted by atomic mass is 9.96. The molecule has 2 N–H and O–H groups in total. The minimum absolute atomic E-state index is 0.0656. The van der Waals surface area contributed by atoms with E-state index in [4.69, 9.17) is 0 Å². The van der Waals surface area contributed by atoms with Gasteiger partial charge in [-0.15, -0.1) is 0 Å². The van der Waals surface area contributed by atoms with E-state index in [1.54, 1.807) is 0 Å². The van der Waals surface area contributed by atoms with Crippen molar-refractivity contribution in [2.45, 2.75) is 58.0 Å². The van der Waals surface area contributed by atoms with Gasteiger partial charge in [0.1, 0.15) is 6.04 Å². The Morgan fingerprint density at radius 2 is 1.77 bits per heavy atom. The Balaban J connectivity index is 2.03. The van der Waals surface area contributed by atoms with E-state index in [-0.39, 0.29) is 23.8 Å². The van der Waals surface area contributed by atoms with Crippen LogP contribution in [-0.2, 0) is 16.0 Å². The zero-order valence-corrected chi connectivity index (χ0v) is 16.5. The number of carbonyl (C=O) groups excluding carboxylic acids is 2. The molecule has 0 heterocycles. The van der Waals surface area contributed by atoms with Crippen LogP contribution < -0.4 is 10.6 Å². The number of nitrogens with zero attached hydrogens (tertiary/aromatic N) is 1. The van der Waals surface area contributed by atoms with E-state index < -0.39 is 6.04 Å². The van der Waals surface area contributed by atoms with Crippen molar-refractivity contribution in [3.63, 3.8) is 0 Å². The second-order valence-corrected chi connectivity index (χ2v) is 7.54. The van der Waals surface area contributed by atoms with Crippen molar-refractivity contribution in [2.24, 2.45) is 5.92 Å². The van der Waals surface area contributed by atoms with E-state index in [9.17, 15) is 9.59 Å². The first-order valence-electron chi connectivity index (χ1n) is 9.72. The van der Waals surface area contributed by atoms with Crippen LogP contribution in [-0.4, -0.2) is 43.4 Å². The summed E-state index contributed by atoms with van der Waals surface area (Å²) in [6.45, 7) is 4.15. The van der Waals surface area contributed by atoms with Gasteiger partial charge < -0.3 is 15.5 Å². The number of nitrogens with one attached hydrogen (secondary N) is 2. The number of likely N-dealkylation sites (N-methyl/N-ethyl adjacent to an activating group) is 1. The van der Waals surface area contributed by atoms with Crippen molar-refractivity contribution >= 4 is 11.8 Å². The Hall–Kier alpha value is -1.88. The van der Waals surface area contributed by atoms with Crippen LogP contribution >= 0.6 is 0 Å². The van der Waals surface area contributed by atoms with E-state index in [1.165, 1.54) is 18.1 Å². The molecule has 26 heavy (non-hydrogen) atoms. The fourth-order valence-electron chi connectivity index (χ4n) is 3.79. The van der Waals surface area contributed by atoms with Crippen LogP contribution in [0.4, 0.5) is 0 Å². The molecule has 0 spiro atoms. The summed E-state index contributed by atoms with van der Waals surface area (Å²) in [5.74, 6) is 0.0426. The van der Waals surface area contributed by atoms with Gasteiger partial charge in [-0.2, -0.15) is 0 Å². The molecule has 0 bridgehead atoms. The van der Waals surface area contributed by atoms with Crippen LogP contribution in [0.25, 0.3) is 0 Å². The highest BCUT2D eigenvalue weighted by molar-refractivity contribution is 5.87. The molecule has 2 atom stereocenters. The van der Waals surface area contributed by atoms with Gasteiger partial charge in [-0.25, -0.2) is 0 Å². The first-order valence-corrected chi connectivity index (χ1v) is 9.72. The second kappa shape index (κ2) is 9.72. The summed E-state index contributed by atoms with van der Waals surface area (Å²) in [5.41, 5.74) is 2.49. The largest absolute Gasteiger partial charge is 0.352 e. The predicted octanol–water partition coefficient (Wildman–Crippen LogP) is 2.66. The van der Waals surface area contributed by atoms with Crippen LogP contribution in [0, 0.1) is 5.92 Å². The van der Waals surface area contributed by atoms with Crippen molar-refractivity contribution in [1.82, 2.24) is 15.5 Å². The molecule has 0 radical (unpaired) electrons. The number of hydrogen-bond donors (Lipinski definition) is 2. The van der Waals surface area contributed by atoms with E-state index >= 15 is 0 Å². The number of benzene rings is 1. The summed E-state index contributed by atoms with van der Waals surface area (Å²) in [6.07, 6.45) is 5.31. The SMILES string of the molecule is CCc1ccc(C(CNC(=O)C(NC(C)=O)C2CCCC2)N(C)C)cc1. The van der Waals surface area contributed by atoms with Crippen LogP contribution in [0.15, 0.2) is 24.3 Å². The Kier molecular flexibility index (Phi) is 7.64. The third kappa shape index (κ3) is 5.56. The fraction of sp³-hybridized carbons (Fsp3) is 0.619. The van der Waals surface area contributed by atoms with E-state index in [0.29, 0.717) is 6.54 Å². The molecule has 1 saturated carbocycles. The standard InChI is InChI=1S/C21H33N3O2/c1-5-16-10-12-17(13-11-16)19(24(3)4)14-22-21(26)20(23-15(2)25)18-8-6-7-9-18/h10-13,18-20H,5-9,14H2,1-4H3,(H,22,26)(H,23,25). The normalized spacial score (nSPS) is 17.1. The number of rotatable bonds is 8. The van der Waals surface area contributed by atoms with Gasteiger partial charge in [0, 0.05) is 13.5 Å². The Labute approximate surface area is 157 Å². The van der Waals surface area contributed by atoms with Gasteiger partial charge in [0.25, 0.3) is 0 Å². The van der Waals surface area contributed by atoms with Gasteiger partial charge in [0.05, 0.1) is 6.04 Å². The zero-order valence-electron chi connectivity index (χ0n) is 16.5. The molecular formula is C21H33N3O2. The molecule has 2 rings (SSSR count). The smallest absolute Gasteiger partial charge is 0.242 e. The van der Waals surface area contributed by atoms with E-state index in [2.05, 4.69) is 46.7 Å². The molecule has 2 amide bonds. The molecule has 0 saturated heterocycles. The van der Waals surface area contributed by atoms with Gasteiger partial charge in [-0.3, -0.25) is 9.59 Å². The lowest BCUT2D eigenvalue weighted by Gasteiger charge is -2.28. The molecule has 1 aromatic carbocycles. The summed E-state index contributed by atoms with van der Waals surface area (Å²) < 4.78 is 0. The van der Waals surface area contributed by atoms with Crippen LogP contribution in [0.2, 0.25) is 0 Å². The highest BCUT2D eigenvalue weighted by Crippen LogP contribution is 2.28. The summed E-state index contributed by atoms with van der Waals surface area (Å²) in [6, 6.07) is 8.25. The molecule has 5 nitrogen and oxygen atoms in total. The Morgan fingerprint density at radius 1 is 1.15 bits per heavy atom. The van der Waals surface area contributed by atoms with Gasteiger partial charge in [0.2, 0.25) is 11.8 Å². The molecule has 0 aromatic heterocycles. The molecule has 1 fully saturated rings. The third-order valence-electron chi connectivity index (χ3n) is 5.38. The van der Waals surface area contributed by atoms with Gasteiger partial charge in [-0.05, 0) is 50.4 Å². The first kappa shape index (κ1) is 20.4. The fourth-order valence-corrected chi connectivity index (χ4v) is 3.79. The summed E-state index contributed by atoms with van der Waals surface area (Å²) in [4.78, 5) is 26.4. The molecule has 5 heteroatoms. The quantitative estimate of drug-likeness (QED) is 0.750. The molecule has 1 aliphatic carbocycles. The van der Waals surface area contributed by atoms with Crippen molar-refractivity contribution < 1.29 is 9.59 Å². The van der Waals surface area contributed by atoms with Crippen molar-refractivity contribution in [3.05, 3.63) is 35.4 Å². The third-order valence-corrected chi connectivity index (χ3v) is 5.38. The lowest BCUT2D eigenvalue weighted by molar-refractivity contribution is -0.129. The van der Waals surface area contributed by atoms with Crippen molar-refractivity contribution in [2.75, 3.05) is 20.6 Å². The maximum absolute atomic E-state index is 12.8. The zero-order chi connectivity index (χ0) is 19.1. The monoisotopic (exact) mass is 359 g/mol. The maximum atomic E-state index is 12.8. The summed E-state index contributed by atoms with van der Waals surface area (Å²) in [5, 5.41) is 5.94. The Bertz CT molecular complexity index is 592. The van der Waals surface area contributed by atoms with Crippen molar-refractivity contribution in [3.8, 4) is 0 Å². The van der Waals surface area contributed by atoms with Gasteiger partial charge in [-0.1, -0.05) is 44.0 Å². The first-order chi connectivity index (χ1) is 12.4. The minimum atomic E-state index is -0.416. The van der Waals surface area contributed by atoms with E-state index in [0.717, 1.165) is 32.1 Å². The summed E-state index contributed by atoms with van der Waals surface area (Å²) in [7, 11) is 4.04. The lowest BCUT2D eigenvalue weighted by Crippen LogP contribution is -2.51. The highest BCUT2D eigenvalue weighted by atomic mass is 16.2. The molecule has 2 unspecified atom stereocenters. The molecule has 1 aliphatic rings. The van der Waals surface area contributed by atoms with Crippen molar-refractivity contribution in [1.29, 1.82) is 0 Å². The number of hydrogen-bond acceptors (Lipinski definition) is 3. The number of amides is 2. The van der Waals surface area contributed by atoms with Gasteiger partial charge in [0.15, 0.2) is 0 Å². The Morgan fingerprint density at radius 3 is 2.27 bits per heavy atom. The molecular weight excluding hydrogens is 326 g/mol.